The highest BCUT2D eigenvalue weighted by Gasteiger charge is 2.12. The van der Waals surface area contributed by atoms with E-state index in [1.165, 1.54) is 17.4 Å². The number of hydrogen-bond acceptors (Lipinski definition) is 3. The van der Waals surface area contributed by atoms with Gasteiger partial charge in [0.05, 0.1) is 6.54 Å². The van der Waals surface area contributed by atoms with E-state index in [4.69, 9.17) is 5.73 Å². The van der Waals surface area contributed by atoms with E-state index in [-0.39, 0.29) is 24.6 Å². The van der Waals surface area contributed by atoms with Gasteiger partial charge in [-0.3, -0.25) is 4.79 Å². The number of benzene rings is 1. The highest BCUT2D eigenvalue weighted by molar-refractivity contribution is 7.12. The van der Waals surface area contributed by atoms with Crippen molar-refractivity contribution in [2.45, 2.75) is 6.54 Å². The molecule has 0 spiro atoms. The fourth-order valence-corrected chi connectivity index (χ4v) is 2.42. The molecule has 3 N–H and O–H groups in total. The molecule has 6 heteroatoms. The Kier molecular flexibility index (Phi) is 5.04. The SMILES string of the molecule is NCC#Cc1ccsc1C(=O)NCc1ccc(F)cc1F. The van der Waals surface area contributed by atoms with Gasteiger partial charge in [-0.25, -0.2) is 8.78 Å². The summed E-state index contributed by atoms with van der Waals surface area (Å²) in [4.78, 5) is 12.5. The van der Waals surface area contributed by atoms with Gasteiger partial charge in [-0.2, -0.15) is 0 Å². The predicted octanol–water partition coefficient (Wildman–Crippen LogP) is 2.27. The summed E-state index contributed by atoms with van der Waals surface area (Å²) in [5.74, 6) is 3.79. The molecule has 2 aromatic rings. The third-order valence-corrected chi connectivity index (χ3v) is 3.56. The van der Waals surface area contributed by atoms with Crippen molar-refractivity contribution in [2.75, 3.05) is 6.54 Å². The molecule has 0 atom stereocenters. The van der Waals surface area contributed by atoms with Crippen molar-refractivity contribution in [3.8, 4) is 11.8 Å². The Hall–Kier alpha value is -2.23. The van der Waals surface area contributed by atoms with E-state index in [9.17, 15) is 13.6 Å². The van der Waals surface area contributed by atoms with Crippen molar-refractivity contribution in [3.05, 3.63) is 57.3 Å². The minimum Gasteiger partial charge on any atom is -0.347 e. The van der Waals surface area contributed by atoms with Crippen LogP contribution in [0.4, 0.5) is 8.78 Å². The van der Waals surface area contributed by atoms with Gasteiger partial charge in [-0.05, 0) is 17.5 Å². The summed E-state index contributed by atoms with van der Waals surface area (Å²) in [6, 6.07) is 4.95. The summed E-state index contributed by atoms with van der Waals surface area (Å²) in [7, 11) is 0. The van der Waals surface area contributed by atoms with Crippen LogP contribution in [0.1, 0.15) is 20.8 Å². The number of halogens is 2. The average Bonchev–Trinajstić information content (AvgIpc) is 2.92. The molecule has 0 aliphatic heterocycles. The van der Waals surface area contributed by atoms with Gasteiger partial charge in [0, 0.05) is 23.7 Å². The molecule has 0 bridgehead atoms. The lowest BCUT2D eigenvalue weighted by atomic mass is 10.2. The second kappa shape index (κ2) is 6.97. The zero-order valence-corrected chi connectivity index (χ0v) is 11.8. The normalized spacial score (nSPS) is 9.86. The van der Waals surface area contributed by atoms with Gasteiger partial charge in [-0.15, -0.1) is 11.3 Å². The van der Waals surface area contributed by atoms with E-state index in [0.29, 0.717) is 10.4 Å². The third-order valence-electron chi connectivity index (χ3n) is 2.65. The Morgan fingerprint density at radius 1 is 1.33 bits per heavy atom. The number of amides is 1. The summed E-state index contributed by atoms with van der Waals surface area (Å²) in [6.07, 6.45) is 0. The number of carbonyl (C=O) groups excluding carboxylic acids is 1. The van der Waals surface area contributed by atoms with Crippen molar-refractivity contribution in [1.82, 2.24) is 5.32 Å². The van der Waals surface area contributed by atoms with Gasteiger partial charge in [-0.1, -0.05) is 17.9 Å². The van der Waals surface area contributed by atoms with Gasteiger partial charge in [0.1, 0.15) is 16.5 Å². The van der Waals surface area contributed by atoms with Crippen molar-refractivity contribution >= 4 is 17.2 Å². The summed E-state index contributed by atoms with van der Waals surface area (Å²) < 4.78 is 26.3. The van der Waals surface area contributed by atoms with E-state index < -0.39 is 11.6 Å². The summed E-state index contributed by atoms with van der Waals surface area (Å²) in [5, 5.41) is 4.33. The topological polar surface area (TPSA) is 55.1 Å². The molecule has 1 heterocycles. The molecule has 2 rings (SSSR count). The Labute approximate surface area is 124 Å². The lowest BCUT2D eigenvalue weighted by molar-refractivity contribution is 0.0954. The third kappa shape index (κ3) is 3.88. The molecule has 3 nitrogen and oxygen atoms in total. The van der Waals surface area contributed by atoms with Gasteiger partial charge in [0.2, 0.25) is 0 Å². The number of nitrogens with one attached hydrogen (secondary N) is 1. The lowest BCUT2D eigenvalue weighted by Crippen LogP contribution is -2.23. The van der Waals surface area contributed by atoms with Crippen LogP contribution >= 0.6 is 11.3 Å². The average molecular weight is 306 g/mol. The molecule has 0 saturated heterocycles. The maximum Gasteiger partial charge on any atom is 0.262 e. The van der Waals surface area contributed by atoms with Crippen LogP contribution in [0, 0.1) is 23.5 Å². The zero-order chi connectivity index (χ0) is 15.2. The van der Waals surface area contributed by atoms with E-state index in [0.717, 1.165) is 12.1 Å². The molecule has 0 radical (unpaired) electrons. The highest BCUT2D eigenvalue weighted by atomic mass is 32.1. The maximum atomic E-state index is 13.5. The first-order valence-electron chi connectivity index (χ1n) is 6.10. The van der Waals surface area contributed by atoms with Crippen molar-refractivity contribution < 1.29 is 13.6 Å². The smallest absolute Gasteiger partial charge is 0.262 e. The molecule has 0 aliphatic carbocycles. The van der Waals surface area contributed by atoms with Crippen LogP contribution in [0.5, 0.6) is 0 Å². The first kappa shape index (κ1) is 15.2. The Morgan fingerprint density at radius 3 is 2.86 bits per heavy atom. The maximum absolute atomic E-state index is 13.5. The van der Waals surface area contributed by atoms with Crippen LogP contribution in [-0.4, -0.2) is 12.5 Å². The van der Waals surface area contributed by atoms with Crippen LogP contribution in [0.2, 0.25) is 0 Å². The number of hydrogen-bond donors (Lipinski definition) is 2. The molecule has 0 aliphatic rings. The molecule has 0 saturated carbocycles. The van der Waals surface area contributed by atoms with Gasteiger partial charge < -0.3 is 11.1 Å². The largest absolute Gasteiger partial charge is 0.347 e. The summed E-state index contributed by atoms with van der Waals surface area (Å²) in [6.45, 7) is 0.185. The fourth-order valence-electron chi connectivity index (χ4n) is 1.65. The molecular formula is C15H12F2N2OS. The first-order valence-corrected chi connectivity index (χ1v) is 6.98. The monoisotopic (exact) mass is 306 g/mol. The fraction of sp³-hybridized carbons (Fsp3) is 0.133. The van der Waals surface area contributed by atoms with Crippen LogP contribution in [0.15, 0.2) is 29.6 Å². The lowest BCUT2D eigenvalue weighted by Gasteiger charge is -2.05. The Bertz CT molecular complexity index is 716. The predicted molar refractivity (Wildman–Crippen MR) is 77.8 cm³/mol. The standard InChI is InChI=1S/C15H12F2N2OS/c16-12-4-3-11(13(17)8-12)9-19-15(20)14-10(2-1-6-18)5-7-21-14/h3-5,7-8H,6,9,18H2,(H,19,20). The zero-order valence-electron chi connectivity index (χ0n) is 11.0. The Balaban J connectivity index is 2.07. The highest BCUT2D eigenvalue weighted by Crippen LogP contribution is 2.16. The van der Waals surface area contributed by atoms with Crippen LogP contribution < -0.4 is 11.1 Å². The number of carbonyl (C=O) groups is 1. The van der Waals surface area contributed by atoms with E-state index in [1.54, 1.807) is 11.4 Å². The minimum atomic E-state index is -0.690. The number of thiophene rings is 1. The van der Waals surface area contributed by atoms with E-state index >= 15 is 0 Å². The quantitative estimate of drug-likeness (QED) is 0.855. The van der Waals surface area contributed by atoms with Gasteiger partial charge in [0.15, 0.2) is 0 Å². The van der Waals surface area contributed by atoms with Gasteiger partial charge in [0.25, 0.3) is 5.91 Å². The molecular weight excluding hydrogens is 294 g/mol. The van der Waals surface area contributed by atoms with Crippen LogP contribution in [-0.2, 0) is 6.54 Å². The second-order valence-corrected chi connectivity index (χ2v) is 5.00. The first-order chi connectivity index (χ1) is 10.1. The summed E-state index contributed by atoms with van der Waals surface area (Å²) >= 11 is 1.24. The molecule has 0 unspecified atom stereocenters. The molecule has 1 aromatic heterocycles. The summed E-state index contributed by atoms with van der Waals surface area (Å²) in [5.41, 5.74) is 6.10. The molecule has 21 heavy (non-hydrogen) atoms. The van der Waals surface area contributed by atoms with E-state index in [2.05, 4.69) is 17.2 Å². The number of rotatable bonds is 3. The molecule has 1 amide bonds. The van der Waals surface area contributed by atoms with Crippen LogP contribution in [0.3, 0.4) is 0 Å². The number of nitrogens with two attached hydrogens (primary N) is 1. The second-order valence-electron chi connectivity index (χ2n) is 4.09. The van der Waals surface area contributed by atoms with Crippen molar-refractivity contribution in [2.24, 2.45) is 5.73 Å². The van der Waals surface area contributed by atoms with Crippen molar-refractivity contribution in [1.29, 1.82) is 0 Å². The van der Waals surface area contributed by atoms with Crippen molar-refractivity contribution in [3.63, 3.8) is 0 Å². The molecule has 0 fully saturated rings. The van der Waals surface area contributed by atoms with E-state index in [1.807, 2.05) is 0 Å². The molecule has 108 valence electrons. The van der Waals surface area contributed by atoms with Gasteiger partial charge >= 0.3 is 0 Å². The Morgan fingerprint density at radius 2 is 2.14 bits per heavy atom. The minimum absolute atomic E-state index is 0.0212. The van der Waals surface area contributed by atoms with Crippen LogP contribution in [0.25, 0.3) is 0 Å². The molecule has 1 aromatic carbocycles.